The first-order valence-electron chi connectivity index (χ1n) is 11.5. The van der Waals surface area contributed by atoms with E-state index in [0.29, 0.717) is 29.4 Å². The first-order valence-corrected chi connectivity index (χ1v) is 11.5. The van der Waals surface area contributed by atoms with Crippen LogP contribution in [0.2, 0.25) is 0 Å². The maximum absolute atomic E-state index is 13.8. The fraction of sp³-hybridized carbons (Fsp3) is 0.417. The average Bonchev–Trinajstić information content (AvgIpc) is 3.23. The van der Waals surface area contributed by atoms with Gasteiger partial charge in [-0.3, -0.25) is 5.10 Å². The number of aromatic nitrogens is 5. The Kier molecular flexibility index (Phi) is 7.76. The minimum atomic E-state index is -4.38. The van der Waals surface area contributed by atoms with Crippen LogP contribution in [-0.2, 0) is 6.42 Å². The zero-order valence-corrected chi connectivity index (χ0v) is 19.7. The van der Waals surface area contributed by atoms with Gasteiger partial charge in [-0.15, -0.1) is 0 Å². The van der Waals surface area contributed by atoms with Crippen molar-refractivity contribution < 1.29 is 13.2 Å². The Hall–Kier alpha value is -3.31. The lowest BCUT2D eigenvalue weighted by atomic mass is 9.90. The van der Waals surface area contributed by atoms with Crippen molar-refractivity contribution in [1.82, 2.24) is 35.4 Å². The number of nitrogens with one attached hydrogen (secondary N) is 3. The van der Waals surface area contributed by atoms with Gasteiger partial charge in [0.2, 0.25) is 0 Å². The number of pyridine rings is 1. The number of alkyl halides is 3. The summed E-state index contributed by atoms with van der Waals surface area (Å²) in [7, 11) is 4.03. The van der Waals surface area contributed by atoms with Crippen LogP contribution in [0.1, 0.15) is 24.4 Å². The maximum atomic E-state index is 13.8. The summed E-state index contributed by atoms with van der Waals surface area (Å²) in [5.41, 5.74) is 1.28. The normalized spacial score (nSPS) is 16.2. The van der Waals surface area contributed by atoms with Gasteiger partial charge in [-0.05, 0) is 52.0 Å². The smallest absolute Gasteiger partial charge is 0.325 e. The molecular formula is C24H29F3N8. The van der Waals surface area contributed by atoms with Crippen LogP contribution in [0.5, 0.6) is 0 Å². The van der Waals surface area contributed by atoms with E-state index < -0.39 is 12.1 Å². The maximum Gasteiger partial charge on any atom is 0.396 e. The summed E-state index contributed by atoms with van der Waals surface area (Å²) in [6.45, 7) is 2.57. The molecule has 8 nitrogen and oxygen atoms in total. The number of hydrogen-bond acceptors (Lipinski definition) is 7. The average molecular weight is 487 g/mol. The van der Waals surface area contributed by atoms with E-state index in [1.807, 2.05) is 20.2 Å². The van der Waals surface area contributed by atoms with Crippen molar-refractivity contribution in [1.29, 1.82) is 0 Å². The minimum Gasteiger partial charge on any atom is -0.325 e. The number of rotatable bonds is 10. The van der Waals surface area contributed by atoms with Gasteiger partial charge in [-0.2, -0.15) is 18.3 Å². The molecule has 0 saturated heterocycles. The predicted octanol–water partition coefficient (Wildman–Crippen LogP) is 4.10. The Morgan fingerprint density at radius 2 is 2.06 bits per heavy atom. The summed E-state index contributed by atoms with van der Waals surface area (Å²) in [6, 6.07) is 5.41. The van der Waals surface area contributed by atoms with Gasteiger partial charge in [0, 0.05) is 36.6 Å². The SMILES string of the molecule is CN(C)CCNCCCc1cc(Nc2[nH]nc3ncccc23)nc(C2=CC=CCC2C(F)(F)F)n1. The fourth-order valence-corrected chi connectivity index (χ4v) is 3.88. The summed E-state index contributed by atoms with van der Waals surface area (Å²) >= 11 is 0. The first-order chi connectivity index (χ1) is 16.8. The first kappa shape index (κ1) is 24.8. The number of hydrogen-bond donors (Lipinski definition) is 3. The molecule has 1 atom stereocenters. The predicted molar refractivity (Wildman–Crippen MR) is 130 cm³/mol. The van der Waals surface area contributed by atoms with Crippen molar-refractivity contribution in [3.8, 4) is 0 Å². The van der Waals surface area contributed by atoms with Crippen LogP contribution in [-0.4, -0.2) is 70.0 Å². The third kappa shape index (κ3) is 6.43. The molecular weight excluding hydrogens is 457 g/mol. The molecule has 0 aliphatic heterocycles. The van der Waals surface area contributed by atoms with Gasteiger partial charge in [0.15, 0.2) is 11.5 Å². The van der Waals surface area contributed by atoms with Gasteiger partial charge < -0.3 is 15.5 Å². The summed E-state index contributed by atoms with van der Waals surface area (Å²) in [5, 5.41) is 14.3. The number of aryl methyl sites for hydroxylation is 1. The molecule has 1 aliphatic rings. The van der Waals surface area contributed by atoms with Crippen LogP contribution in [0.15, 0.2) is 42.6 Å². The Balaban J connectivity index is 1.59. The molecule has 0 fully saturated rings. The standard InChI is InChI=1S/C24H29F3N8/c1-35(2)14-13-28-11-5-7-16-15-20(32-23-18-9-6-12-29-21(18)33-34-23)31-22(30-16)17-8-3-4-10-19(17)24(25,26)27/h3-4,6,8-9,12,15,19,28H,5,7,10-11,13-14H2,1-2H3,(H2,29,30,31,32,33,34). The quantitative estimate of drug-likeness (QED) is 0.372. The number of halogens is 3. The Morgan fingerprint density at radius 1 is 1.20 bits per heavy atom. The molecule has 4 rings (SSSR count). The van der Waals surface area contributed by atoms with Crippen LogP contribution in [0.25, 0.3) is 16.6 Å². The summed E-state index contributed by atoms with van der Waals surface area (Å²) in [6.07, 6.45) is 3.14. The van der Waals surface area contributed by atoms with Gasteiger partial charge in [-0.1, -0.05) is 18.2 Å². The van der Waals surface area contributed by atoms with E-state index in [4.69, 9.17) is 0 Å². The lowest BCUT2D eigenvalue weighted by molar-refractivity contribution is -0.157. The molecule has 11 heteroatoms. The van der Waals surface area contributed by atoms with Crippen LogP contribution in [0.4, 0.5) is 24.8 Å². The number of fused-ring (bicyclic) bond motifs is 1. The molecule has 3 N–H and O–H groups in total. The number of likely N-dealkylation sites (N-methyl/N-ethyl adjacent to an activating group) is 1. The third-order valence-corrected chi connectivity index (χ3v) is 5.70. The number of aromatic amines is 1. The van der Waals surface area contributed by atoms with Crippen molar-refractivity contribution in [3.05, 3.63) is 54.1 Å². The molecule has 3 heterocycles. The highest BCUT2D eigenvalue weighted by Gasteiger charge is 2.43. The van der Waals surface area contributed by atoms with Gasteiger partial charge in [-0.25, -0.2) is 15.0 Å². The molecule has 0 aromatic carbocycles. The van der Waals surface area contributed by atoms with E-state index in [1.165, 1.54) is 12.2 Å². The van der Waals surface area contributed by atoms with Gasteiger partial charge >= 0.3 is 6.18 Å². The monoisotopic (exact) mass is 486 g/mol. The largest absolute Gasteiger partial charge is 0.396 e. The third-order valence-electron chi connectivity index (χ3n) is 5.70. The number of nitrogens with zero attached hydrogens (tertiary/aromatic N) is 5. The van der Waals surface area contributed by atoms with Crippen molar-refractivity contribution in [2.75, 3.05) is 39.0 Å². The number of H-pyrrole nitrogens is 1. The van der Waals surface area contributed by atoms with E-state index in [1.54, 1.807) is 24.4 Å². The Morgan fingerprint density at radius 3 is 2.86 bits per heavy atom. The summed E-state index contributed by atoms with van der Waals surface area (Å²) in [5.74, 6) is -0.588. The highest BCUT2D eigenvalue weighted by atomic mass is 19.4. The molecule has 0 spiro atoms. The highest BCUT2D eigenvalue weighted by Crippen LogP contribution is 2.40. The van der Waals surface area contributed by atoms with E-state index >= 15 is 0 Å². The topological polar surface area (TPSA) is 94.7 Å². The molecule has 0 bridgehead atoms. The molecule has 0 radical (unpaired) electrons. The fourth-order valence-electron chi connectivity index (χ4n) is 3.88. The van der Waals surface area contributed by atoms with Gasteiger partial charge in [0.25, 0.3) is 0 Å². The number of anilines is 2. The summed E-state index contributed by atoms with van der Waals surface area (Å²) in [4.78, 5) is 15.3. The zero-order chi connectivity index (χ0) is 24.8. The molecule has 3 aromatic heterocycles. The van der Waals surface area contributed by atoms with Crippen molar-refractivity contribution >= 4 is 28.2 Å². The second-order valence-electron chi connectivity index (χ2n) is 8.70. The van der Waals surface area contributed by atoms with Crippen LogP contribution in [0.3, 0.4) is 0 Å². The van der Waals surface area contributed by atoms with E-state index in [0.717, 1.165) is 31.4 Å². The molecule has 0 saturated carbocycles. The van der Waals surface area contributed by atoms with Gasteiger partial charge in [0.1, 0.15) is 11.6 Å². The van der Waals surface area contributed by atoms with Crippen LogP contribution in [0, 0.1) is 5.92 Å². The lowest BCUT2D eigenvalue weighted by Crippen LogP contribution is -2.27. The van der Waals surface area contributed by atoms with E-state index in [2.05, 4.69) is 40.7 Å². The highest BCUT2D eigenvalue weighted by molar-refractivity contribution is 5.88. The molecule has 1 unspecified atom stereocenters. The van der Waals surface area contributed by atoms with Gasteiger partial charge in [0.05, 0.1) is 11.3 Å². The van der Waals surface area contributed by atoms with Crippen LogP contribution < -0.4 is 10.6 Å². The summed E-state index contributed by atoms with van der Waals surface area (Å²) < 4.78 is 41.3. The second kappa shape index (κ2) is 11.0. The number of allylic oxidation sites excluding steroid dienone is 4. The van der Waals surface area contributed by atoms with Crippen molar-refractivity contribution in [3.63, 3.8) is 0 Å². The molecule has 1 aliphatic carbocycles. The minimum absolute atomic E-state index is 0.0742. The van der Waals surface area contributed by atoms with Crippen molar-refractivity contribution in [2.45, 2.75) is 25.4 Å². The molecule has 186 valence electrons. The van der Waals surface area contributed by atoms with Crippen LogP contribution >= 0.6 is 0 Å². The van der Waals surface area contributed by atoms with E-state index in [9.17, 15) is 13.2 Å². The molecule has 3 aromatic rings. The molecule has 0 amide bonds. The lowest BCUT2D eigenvalue weighted by Gasteiger charge is -2.23. The second-order valence-corrected chi connectivity index (χ2v) is 8.70. The zero-order valence-electron chi connectivity index (χ0n) is 19.7. The van der Waals surface area contributed by atoms with E-state index in [-0.39, 0.29) is 17.8 Å². The Labute approximate surface area is 201 Å². The molecule has 35 heavy (non-hydrogen) atoms. The Bertz CT molecular complexity index is 1200. The van der Waals surface area contributed by atoms with Crippen molar-refractivity contribution in [2.24, 2.45) is 5.92 Å².